The Balaban J connectivity index is 1.47. The quantitative estimate of drug-likeness (QED) is 0.612. The molecule has 2 aliphatic rings. The van der Waals surface area contributed by atoms with Crippen molar-refractivity contribution >= 4 is 29.1 Å². The van der Waals surface area contributed by atoms with Crippen LogP contribution in [-0.4, -0.2) is 60.4 Å². The number of nitrogens with one attached hydrogen (secondary N) is 2. The number of benzene rings is 2. The molecule has 2 amide bonds. The summed E-state index contributed by atoms with van der Waals surface area (Å²) < 4.78 is 39.5. The predicted octanol–water partition coefficient (Wildman–Crippen LogP) is 3.93. The van der Waals surface area contributed by atoms with E-state index in [4.69, 9.17) is 11.6 Å². The van der Waals surface area contributed by atoms with Crippen LogP contribution < -0.4 is 10.6 Å². The Hall–Kier alpha value is -2.62. The van der Waals surface area contributed by atoms with Gasteiger partial charge in [0.15, 0.2) is 0 Å². The van der Waals surface area contributed by atoms with Crippen molar-refractivity contribution in [3.8, 4) is 0 Å². The fourth-order valence-corrected chi connectivity index (χ4v) is 4.21. The Kier molecular flexibility index (Phi) is 7.45. The van der Waals surface area contributed by atoms with Gasteiger partial charge < -0.3 is 10.6 Å². The van der Waals surface area contributed by atoms with Gasteiger partial charge >= 0.3 is 6.18 Å². The highest BCUT2D eigenvalue weighted by Crippen LogP contribution is 2.34. The van der Waals surface area contributed by atoms with Crippen molar-refractivity contribution in [2.75, 3.05) is 38.0 Å². The number of hydrogen-bond acceptors (Lipinski definition) is 4. The Labute approximate surface area is 201 Å². The molecule has 1 heterocycles. The number of anilines is 1. The van der Waals surface area contributed by atoms with Crippen LogP contribution in [-0.2, 0) is 15.8 Å². The van der Waals surface area contributed by atoms with Crippen molar-refractivity contribution in [2.45, 2.75) is 31.1 Å². The first-order valence-electron chi connectivity index (χ1n) is 11.2. The van der Waals surface area contributed by atoms with Gasteiger partial charge in [-0.1, -0.05) is 41.9 Å². The van der Waals surface area contributed by atoms with Crippen molar-refractivity contribution in [1.29, 1.82) is 0 Å². The molecule has 1 atom stereocenters. The second-order valence-electron chi connectivity index (χ2n) is 8.65. The number of alkyl halides is 3. The summed E-state index contributed by atoms with van der Waals surface area (Å²) in [6.07, 6.45) is -2.49. The number of nitrogens with zero attached hydrogens (tertiary/aromatic N) is 2. The number of piperazine rings is 1. The molecule has 0 unspecified atom stereocenters. The first-order valence-corrected chi connectivity index (χ1v) is 11.6. The zero-order valence-corrected chi connectivity index (χ0v) is 19.2. The summed E-state index contributed by atoms with van der Waals surface area (Å²) in [5.74, 6) is -0.458. The first-order chi connectivity index (χ1) is 16.2. The highest BCUT2D eigenvalue weighted by Gasteiger charge is 2.34. The molecule has 10 heteroatoms. The molecule has 2 aromatic rings. The molecule has 4 rings (SSSR count). The molecule has 0 aromatic heterocycles. The fourth-order valence-electron chi connectivity index (χ4n) is 4.05. The minimum Gasteiger partial charge on any atom is -0.352 e. The van der Waals surface area contributed by atoms with E-state index in [-0.39, 0.29) is 16.6 Å². The summed E-state index contributed by atoms with van der Waals surface area (Å²) in [6, 6.07) is 11.5. The molecule has 1 aliphatic heterocycles. The van der Waals surface area contributed by atoms with Crippen LogP contribution in [0.5, 0.6) is 0 Å². The van der Waals surface area contributed by atoms with E-state index in [0.29, 0.717) is 38.8 Å². The molecular formula is C24H26ClF3N4O2. The normalized spacial score (nSPS) is 18.4. The third-order valence-corrected chi connectivity index (χ3v) is 6.33. The molecule has 1 aliphatic carbocycles. The molecule has 0 radical (unpaired) electrons. The van der Waals surface area contributed by atoms with Crippen LogP contribution in [0.15, 0.2) is 48.5 Å². The van der Waals surface area contributed by atoms with E-state index in [1.807, 2.05) is 40.1 Å². The highest BCUT2D eigenvalue weighted by molar-refractivity contribution is 6.33. The van der Waals surface area contributed by atoms with Gasteiger partial charge in [-0.25, -0.2) is 0 Å². The maximum Gasteiger partial charge on any atom is 0.416 e. The van der Waals surface area contributed by atoms with E-state index in [9.17, 15) is 22.8 Å². The van der Waals surface area contributed by atoms with E-state index in [1.165, 1.54) is 0 Å². The summed E-state index contributed by atoms with van der Waals surface area (Å²) in [5, 5.41) is 5.60. The molecule has 1 saturated carbocycles. The minimum absolute atomic E-state index is 0.00694. The topological polar surface area (TPSA) is 64.7 Å². The van der Waals surface area contributed by atoms with Crippen LogP contribution in [0.1, 0.15) is 30.0 Å². The van der Waals surface area contributed by atoms with Gasteiger partial charge in [-0.3, -0.25) is 19.4 Å². The van der Waals surface area contributed by atoms with Gasteiger partial charge in [0.05, 0.1) is 22.8 Å². The lowest BCUT2D eigenvalue weighted by molar-refractivity contribution is -0.137. The van der Waals surface area contributed by atoms with Crippen molar-refractivity contribution in [2.24, 2.45) is 0 Å². The van der Waals surface area contributed by atoms with Gasteiger partial charge in [0.1, 0.15) is 6.04 Å². The van der Waals surface area contributed by atoms with Gasteiger partial charge in [0.25, 0.3) is 0 Å². The van der Waals surface area contributed by atoms with Crippen LogP contribution in [0.4, 0.5) is 18.9 Å². The van der Waals surface area contributed by atoms with E-state index in [1.54, 1.807) is 0 Å². The van der Waals surface area contributed by atoms with Gasteiger partial charge in [-0.2, -0.15) is 13.2 Å². The molecule has 2 aromatic carbocycles. The Morgan fingerprint density at radius 2 is 1.71 bits per heavy atom. The van der Waals surface area contributed by atoms with Gasteiger partial charge in [-0.15, -0.1) is 0 Å². The summed E-state index contributed by atoms with van der Waals surface area (Å²) in [5.41, 5.74) is -0.248. The largest absolute Gasteiger partial charge is 0.416 e. The maximum atomic E-state index is 13.3. The molecule has 0 spiro atoms. The standard InChI is InChI=1S/C24H26ClF3N4O2/c25-19-9-6-17(24(26,27)28)14-20(19)30-23(34)22(16-4-2-1-3-5-16)32-12-10-31(11-13-32)15-21(33)29-18-7-8-18/h1-6,9,14,18,22H,7-8,10-13,15H2,(H,29,33)(H,30,34)/t22-/m0/s1. The zero-order valence-electron chi connectivity index (χ0n) is 18.4. The fraction of sp³-hybridized carbons (Fsp3) is 0.417. The second-order valence-corrected chi connectivity index (χ2v) is 9.06. The van der Waals surface area contributed by atoms with Crippen LogP contribution >= 0.6 is 11.6 Å². The summed E-state index contributed by atoms with van der Waals surface area (Å²) in [6.45, 7) is 2.56. The molecule has 1 saturated heterocycles. The van der Waals surface area contributed by atoms with E-state index < -0.39 is 23.7 Å². The predicted molar refractivity (Wildman–Crippen MR) is 123 cm³/mol. The Morgan fingerprint density at radius 1 is 1.03 bits per heavy atom. The summed E-state index contributed by atoms with van der Waals surface area (Å²) >= 11 is 6.09. The lowest BCUT2D eigenvalue weighted by Crippen LogP contribution is -2.52. The Morgan fingerprint density at radius 3 is 2.32 bits per heavy atom. The number of carbonyl (C=O) groups is 2. The average Bonchev–Trinajstić information content (AvgIpc) is 3.60. The first kappa shape index (κ1) is 24.5. The van der Waals surface area contributed by atoms with Crippen molar-refractivity contribution in [1.82, 2.24) is 15.1 Å². The number of rotatable bonds is 7. The SMILES string of the molecule is O=C(CN1CCN([C@H](C(=O)Nc2cc(C(F)(F)F)ccc2Cl)c2ccccc2)CC1)NC1CC1. The van der Waals surface area contributed by atoms with Gasteiger partial charge in [-0.05, 0) is 36.6 Å². The molecule has 34 heavy (non-hydrogen) atoms. The van der Waals surface area contributed by atoms with Crippen LogP contribution in [0.3, 0.4) is 0 Å². The van der Waals surface area contributed by atoms with E-state index in [0.717, 1.165) is 36.6 Å². The van der Waals surface area contributed by atoms with Crippen molar-refractivity contribution < 1.29 is 22.8 Å². The van der Waals surface area contributed by atoms with Gasteiger partial charge in [0.2, 0.25) is 11.8 Å². The Bertz CT molecular complexity index is 1020. The highest BCUT2D eigenvalue weighted by atomic mass is 35.5. The summed E-state index contributed by atoms with van der Waals surface area (Å²) in [7, 11) is 0. The molecule has 2 N–H and O–H groups in total. The average molecular weight is 495 g/mol. The molecule has 182 valence electrons. The van der Waals surface area contributed by atoms with Crippen molar-refractivity contribution in [3.63, 3.8) is 0 Å². The number of amides is 2. The smallest absolute Gasteiger partial charge is 0.352 e. The molecule has 0 bridgehead atoms. The third-order valence-electron chi connectivity index (χ3n) is 6.00. The number of halogens is 4. The number of carbonyl (C=O) groups excluding carboxylic acids is 2. The van der Waals surface area contributed by atoms with Crippen LogP contribution in [0.25, 0.3) is 0 Å². The van der Waals surface area contributed by atoms with Crippen LogP contribution in [0.2, 0.25) is 5.02 Å². The summed E-state index contributed by atoms with van der Waals surface area (Å²) in [4.78, 5) is 29.5. The zero-order chi connectivity index (χ0) is 24.3. The molecule has 6 nitrogen and oxygen atoms in total. The van der Waals surface area contributed by atoms with Crippen LogP contribution in [0, 0.1) is 0 Å². The monoisotopic (exact) mass is 494 g/mol. The van der Waals surface area contributed by atoms with Crippen molar-refractivity contribution in [3.05, 3.63) is 64.7 Å². The molecular weight excluding hydrogens is 469 g/mol. The lowest BCUT2D eigenvalue weighted by Gasteiger charge is -2.38. The number of hydrogen-bond donors (Lipinski definition) is 2. The second kappa shape index (κ2) is 10.3. The lowest BCUT2D eigenvalue weighted by atomic mass is 10.0. The minimum atomic E-state index is -4.55. The van der Waals surface area contributed by atoms with Gasteiger partial charge in [0, 0.05) is 32.2 Å². The van der Waals surface area contributed by atoms with E-state index in [2.05, 4.69) is 10.6 Å². The third kappa shape index (κ3) is 6.28. The maximum absolute atomic E-state index is 13.3. The van der Waals surface area contributed by atoms with E-state index >= 15 is 0 Å². The molecule has 2 fully saturated rings.